The van der Waals surface area contributed by atoms with Crippen LogP contribution in [0.5, 0.6) is 0 Å². The van der Waals surface area contributed by atoms with Gasteiger partial charge in [0.25, 0.3) is 11.8 Å². The lowest BCUT2D eigenvalue weighted by Gasteiger charge is -2.18. The van der Waals surface area contributed by atoms with Crippen LogP contribution in [-0.2, 0) is 12.8 Å². The van der Waals surface area contributed by atoms with Gasteiger partial charge in [0.05, 0.1) is 16.1 Å². The predicted octanol–water partition coefficient (Wildman–Crippen LogP) is 4.36. The van der Waals surface area contributed by atoms with Gasteiger partial charge in [-0.05, 0) is 83.8 Å². The van der Waals surface area contributed by atoms with Gasteiger partial charge in [0.1, 0.15) is 5.00 Å². The molecule has 5 nitrogen and oxygen atoms in total. The number of thiophene rings is 1. The average molecular weight is 534 g/mol. The first-order valence-corrected chi connectivity index (χ1v) is 11.0. The largest absolute Gasteiger partial charge is 0.365 e. The normalized spacial score (nSPS) is 15.7. The van der Waals surface area contributed by atoms with E-state index in [1.165, 1.54) is 11.3 Å². The van der Waals surface area contributed by atoms with E-state index in [4.69, 9.17) is 29.6 Å². The van der Waals surface area contributed by atoms with E-state index in [9.17, 15) is 9.59 Å². The standard InChI is InChI=1S/C18H17ClIN3O2S2/c1-8-2-4-10-13(6-8)27-17(14(10)15(21)24)23-18(26)22-16(25)11-7-9(20)3-5-12(11)19/h3,5,7-8H,2,4,6H2,1H3,(H2,21,24)(H2,22,23,25,26)/t8-/m1/s1. The van der Waals surface area contributed by atoms with Crippen molar-refractivity contribution in [1.82, 2.24) is 5.32 Å². The molecule has 1 aliphatic rings. The number of halogens is 2. The highest BCUT2D eigenvalue weighted by atomic mass is 127. The highest BCUT2D eigenvalue weighted by Gasteiger charge is 2.27. The molecule has 1 aliphatic carbocycles. The average Bonchev–Trinajstić information content (AvgIpc) is 2.93. The molecule has 0 saturated heterocycles. The Kier molecular flexibility index (Phi) is 6.39. The molecule has 3 rings (SSSR count). The van der Waals surface area contributed by atoms with Crippen molar-refractivity contribution in [3.63, 3.8) is 0 Å². The zero-order valence-corrected chi connectivity index (χ0v) is 18.9. The number of thiocarbonyl (C=S) groups is 1. The smallest absolute Gasteiger partial charge is 0.258 e. The molecule has 0 unspecified atom stereocenters. The van der Waals surface area contributed by atoms with E-state index in [1.54, 1.807) is 12.1 Å². The fourth-order valence-corrected chi connectivity index (χ4v) is 5.45. The van der Waals surface area contributed by atoms with Crippen molar-refractivity contribution < 1.29 is 9.59 Å². The Labute approximate surface area is 185 Å². The van der Waals surface area contributed by atoms with Gasteiger partial charge in [0.2, 0.25) is 0 Å². The Morgan fingerprint density at radius 1 is 1.41 bits per heavy atom. The Morgan fingerprint density at radius 2 is 2.15 bits per heavy atom. The van der Waals surface area contributed by atoms with Crippen LogP contribution < -0.4 is 16.4 Å². The summed E-state index contributed by atoms with van der Waals surface area (Å²) < 4.78 is 0.886. The minimum atomic E-state index is -0.487. The SMILES string of the molecule is C[C@@H]1CCc2c(sc(NC(=S)NC(=O)c3cc(I)ccc3Cl)c2C(N)=O)C1. The number of benzene rings is 1. The maximum absolute atomic E-state index is 12.5. The number of carbonyl (C=O) groups is 2. The summed E-state index contributed by atoms with van der Waals surface area (Å²) >= 11 is 14.9. The summed E-state index contributed by atoms with van der Waals surface area (Å²) in [6.45, 7) is 2.19. The van der Waals surface area contributed by atoms with Crippen molar-refractivity contribution in [2.75, 3.05) is 5.32 Å². The first kappa shape index (κ1) is 20.5. The fourth-order valence-electron chi connectivity index (χ4n) is 3.08. The van der Waals surface area contributed by atoms with Gasteiger partial charge in [0, 0.05) is 8.45 Å². The Bertz CT molecular complexity index is 945. The van der Waals surface area contributed by atoms with Gasteiger partial charge in [0.15, 0.2) is 5.11 Å². The third-order valence-corrected chi connectivity index (χ3v) is 6.76. The van der Waals surface area contributed by atoms with Crippen molar-refractivity contribution in [2.45, 2.75) is 26.2 Å². The van der Waals surface area contributed by atoms with E-state index in [0.29, 0.717) is 27.1 Å². The van der Waals surface area contributed by atoms with Crippen LogP contribution in [0.25, 0.3) is 0 Å². The number of hydrogen-bond acceptors (Lipinski definition) is 4. The summed E-state index contributed by atoms with van der Waals surface area (Å²) in [5, 5.41) is 6.61. The molecule has 1 aromatic heterocycles. The third-order valence-electron chi connectivity index (χ3n) is 4.39. The number of nitrogens with one attached hydrogen (secondary N) is 2. The molecular formula is C18H17ClIN3O2S2. The van der Waals surface area contributed by atoms with Crippen LogP contribution in [0.4, 0.5) is 5.00 Å². The van der Waals surface area contributed by atoms with Gasteiger partial charge in [-0.1, -0.05) is 18.5 Å². The van der Waals surface area contributed by atoms with Gasteiger partial charge >= 0.3 is 0 Å². The number of carbonyl (C=O) groups excluding carboxylic acids is 2. The highest BCUT2D eigenvalue weighted by molar-refractivity contribution is 14.1. The first-order chi connectivity index (χ1) is 12.8. The number of hydrogen-bond donors (Lipinski definition) is 3. The summed E-state index contributed by atoms with van der Waals surface area (Å²) in [4.78, 5) is 25.6. The molecule has 1 heterocycles. The van der Waals surface area contributed by atoms with E-state index in [0.717, 1.165) is 33.3 Å². The van der Waals surface area contributed by atoms with Crippen molar-refractivity contribution in [3.8, 4) is 0 Å². The summed E-state index contributed by atoms with van der Waals surface area (Å²) in [6.07, 6.45) is 2.76. The second kappa shape index (κ2) is 8.42. The van der Waals surface area contributed by atoms with E-state index < -0.39 is 11.8 Å². The summed E-state index contributed by atoms with van der Waals surface area (Å²) in [6, 6.07) is 5.15. The van der Waals surface area contributed by atoms with Gasteiger partial charge in [-0.3, -0.25) is 14.9 Å². The highest BCUT2D eigenvalue weighted by Crippen LogP contribution is 2.39. The van der Waals surface area contributed by atoms with Crippen molar-refractivity contribution in [3.05, 3.63) is 48.4 Å². The maximum Gasteiger partial charge on any atom is 0.258 e. The van der Waals surface area contributed by atoms with Crippen LogP contribution in [0.3, 0.4) is 0 Å². The lowest BCUT2D eigenvalue weighted by atomic mass is 9.88. The third kappa shape index (κ3) is 4.61. The van der Waals surface area contributed by atoms with Gasteiger partial charge < -0.3 is 11.1 Å². The maximum atomic E-state index is 12.5. The molecule has 2 amide bonds. The molecule has 0 saturated carbocycles. The zero-order valence-electron chi connectivity index (χ0n) is 14.4. The monoisotopic (exact) mass is 533 g/mol. The molecule has 0 spiro atoms. The second-order valence-corrected chi connectivity index (χ2v) is 9.62. The molecule has 142 valence electrons. The quantitative estimate of drug-likeness (QED) is 0.404. The summed E-state index contributed by atoms with van der Waals surface area (Å²) in [7, 11) is 0. The molecule has 4 N–H and O–H groups in total. The van der Waals surface area contributed by atoms with Crippen LogP contribution in [0, 0.1) is 9.49 Å². The topological polar surface area (TPSA) is 84.2 Å². The molecule has 9 heteroatoms. The number of rotatable bonds is 3. The lowest BCUT2D eigenvalue weighted by molar-refractivity contribution is 0.0975. The lowest BCUT2D eigenvalue weighted by Crippen LogP contribution is -2.34. The molecule has 0 bridgehead atoms. The first-order valence-electron chi connectivity index (χ1n) is 8.28. The van der Waals surface area contributed by atoms with E-state index in [2.05, 4.69) is 40.1 Å². The van der Waals surface area contributed by atoms with Crippen LogP contribution in [0.1, 0.15) is 44.5 Å². The van der Waals surface area contributed by atoms with Gasteiger partial charge in [-0.2, -0.15) is 0 Å². The van der Waals surface area contributed by atoms with Crippen LogP contribution in [0.15, 0.2) is 18.2 Å². The molecule has 1 atom stereocenters. The number of primary amides is 1. The molecule has 0 aliphatic heterocycles. The van der Waals surface area contributed by atoms with Crippen LogP contribution >= 0.6 is 57.7 Å². The second-order valence-electron chi connectivity index (χ2n) is 6.45. The van der Waals surface area contributed by atoms with Crippen molar-refractivity contribution in [2.24, 2.45) is 11.7 Å². The predicted molar refractivity (Wildman–Crippen MR) is 122 cm³/mol. The number of fused-ring (bicyclic) bond motifs is 1. The summed E-state index contributed by atoms with van der Waals surface area (Å²) in [5.41, 5.74) is 7.42. The number of nitrogens with two attached hydrogens (primary N) is 1. The van der Waals surface area contributed by atoms with E-state index >= 15 is 0 Å². The van der Waals surface area contributed by atoms with Gasteiger partial charge in [-0.15, -0.1) is 11.3 Å². The number of anilines is 1. The van der Waals surface area contributed by atoms with E-state index in [1.807, 2.05) is 6.07 Å². The molecule has 2 aromatic rings. The van der Waals surface area contributed by atoms with Gasteiger partial charge in [-0.25, -0.2) is 0 Å². The van der Waals surface area contributed by atoms with Crippen LogP contribution in [0.2, 0.25) is 5.02 Å². The van der Waals surface area contributed by atoms with E-state index in [-0.39, 0.29) is 5.11 Å². The Hall–Kier alpha value is -1.23. The van der Waals surface area contributed by atoms with Crippen molar-refractivity contribution >= 4 is 79.7 Å². The molecule has 27 heavy (non-hydrogen) atoms. The van der Waals surface area contributed by atoms with Crippen molar-refractivity contribution in [1.29, 1.82) is 0 Å². The molecule has 0 fully saturated rings. The fraction of sp³-hybridized carbons (Fsp3) is 0.278. The number of amides is 2. The molecular weight excluding hydrogens is 517 g/mol. The Morgan fingerprint density at radius 3 is 2.85 bits per heavy atom. The summed E-state index contributed by atoms with van der Waals surface area (Å²) in [5.74, 6) is -0.329. The molecule has 0 radical (unpaired) electrons. The van der Waals surface area contributed by atoms with Crippen LogP contribution in [-0.4, -0.2) is 16.9 Å². The molecule has 1 aromatic carbocycles. The minimum Gasteiger partial charge on any atom is -0.365 e. The minimum absolute atomic E-state index is 0.101. The Balaban J connectivity index is 1.79. The zero-order chi connectivity index (χ0) is 19.7.